The van der Waals surface area contributed by atoms with Gasteiger partial charge in [-0.3, -0.25) is 0 Å². The first-order valence-corrected chi connectivity index (χ1v) is 6.07. The fraction of sp³-hybridized carbons (Fsp3) is 0.250. The zero-order chi connectivity index (χ0) is 7.56. The first kappa shape index (κ1) is 8.43. The van der Waals surface area contributed by atoms with Gasteiger partial charge in [0.1, 0.15) is 0 Å². The van der Waals surface area contributed by atoms with Gasteiger partial charge >= 0.3 is 79.5 Å². The molecule has 0 N–H and O–H groups in total. The number of hydrogen-bond acceptors (Lipinski definition) is 0. The molecular weight excluding hydrogens is 246 g/mol. The molecule has 1 aromatic carbocycles. The average Bonchev–Trinajstić information content (AvgIpc) is 1.88. The SMILES string of the molecule is Cc1ccc(C([AsH2])[AsH2])cc1. The van der Waals surface area contributed by atoms with Crippen molar-refractivity contribution in [2.75, 3.05) is 0 Å². The second-order valence-electron chi connectivity index (χ2n) is 2.44. The van der Waals surface area contributed by atoms with Crippen molar-refractivity contribution >= 4 is 33.7 Å². The van der Waals surface area contributed by atoms with E-state index in [1.807, 2.05) is 33.7 Å². The first-order valence-electron chi connectivity index (χ1n) is 3.28. The molecule has 2 unspecified atom stereocenters. The van der Waals surface area contributed by atoms with E-state index in [2.05, 4.69) is 31.2 Å². The van der Waals surface area contributed by atoms with Gasteiger partial charge < -0.3 is 0 Å². The molecule has 0 saturated carbocycles. The molecule has 0 spiro atoms. The number of hydrogen-bond donors (Lipinski definition) is 0. The van der Waals surface area contributed by atoms with E-state index in [0.29, 0.717) is 0 Å². The van der Waals surface area contributed by atoms with E-state index in [0.717, 1.165) is 3.49 Å². The van der Waals surface area contributed by atoms with Crippen LogP contribution in [-0.4, -0.2) is 33.7 Å². The first-order chi connectivity index (χ1) is 4.70. The quantitative estimate of drug-likeness (QED) is 0.634. The van der Waals surface area contributed by atoms with Gasteiger partial charge in [0.2, 0.25) is 0 Å². The Morgan fingerprint density at radius 3 is 2.00 bits per heavy atom. The molecule has 0 bridgehead atoms. The molecule has 2 atom stereocenters. The van der Waals surface area contributed by atoms with E-state index in [1.54, 1.807) is 0 Å². The van der Waals surface area contributed by atoms with Crippen molar-refractivity contribution in [2.45, 2.75) is 10.4 Å². The second kappa shape index (κ2) is 3.65. The van der Waals surface area contributed by atoms with Crippen LogP contribution in [0.4, 0.5) is 0 Å². The summed E-state index contributed by atoms with van der Waals surface area (Å²) in [4.78, 5) is 0. The number of rotatable bonds is 1. The van der Waals surface area contributed by atoms with E-state index in [1.165, 1.54) is 11.1 Å². The Labute approximate surface area is 79.4 Å². The van der Waals surface area contributed by atoms with Gasteiger partial charge in [0.15, 0.2) is 0 Å². The van der Waals surface area contributed by atoms with Crippen molar-refractivity contribution in [3.8, 4) is 0 Å². The number of benzene rings is 1. The predicted octanol–water partition coefficient (Wildman–Crippen LogP) is 0.260. The van der Waals surface area contributed by atoms with Gasteiger partial charge in [-0.15, -0.1) is 0 Å². The molecular formula is C8H12As2. The molecule has 0 aromatic heterocycles. The van der Waals surface area contributed by atoms with Crippen molar-refractivity contribution in [1.29, 1.82) is 0 Å². The van der Waals surface area contributed by atoms with E-state index >= 15 is 0 Å². The Morgan fingerprint density at radius 1 is 1.10 bits per heavy atom. The summed E-state index contributed by atoms with van der Waals surface area (Å²) in [5.74, 6) is 0. The van der Waals surface area contributed by atoms with Gasteiger partial charge in [-0.2, -0.15) is 0 Å². The Bertz CT molecular complexity index is 201. The van der Waals surface area contributed by atoms with Crippen LogP contribution in [0, 0.1) is 6.92 Å². The molecule has 0 radical (unpaired) electrons. The van der Waals surface area contributed by atoms with Crippen LogP contribution in [0.2, 0.25) is 0 Å². The molecule has 1 rings (SSSR count). The third-order valence-electron chi connectivity index (χ3n) is 1.46. The van der Waals surface area contributed by atoms with Gasteiger partial charge in [-0.1, -0.05) is 0 Å². The third-order valence-corrected chi connectivity index (χ3v) is 3.08. The summed E-state index contributed by atoms with van der Waals surface area (Å²) in [6.07, 6.45) is 0. The van der Waals surface area contributed by atoms with Crippen molar-refractivity contribution < 1.29 is 0 Å². The summed E-state index contributed by atoms with van der Waals surface area (Å²) in [6, 6.07) is 8.82. The van der Waals surface area contributed by atoms with Crippen LogP contribution in [0.5, 0.6) is 0 Å². The van der Waals surface area contributed by atoms with Crippen LogP contribution < -0.4 is 0 Å². The van der Waals surface area contributed by atoms with Crippen LogP contribution >= 0.6 is 0 Å². The molecule has 2 heteroatoms. The van der Waals surface area contributed by atoms with E-state index in [9.17, 15) is 0 Å². The molecule has 10 heavy (non-hydrogen) atoms. The summed E-state index contributed by atoms with van der Waals surface area (Å²) in [7, 11) is 0. The normalized spacial score (nSPS) is 10.4. The van der Waals surface area contributed by atoms with Crippen LogP contribution in [0.15, 0.2) is 24.3 Å². The predicted molar refractivity (Wildman–Crippen MR) is 51.0 cm³/mol. The summed E-state index contributed by atoms with van der Waals surface area (Å²) in [5.41, 5.74) is 2.83. The van der Waals surface area contributed by atoms with E-state index in [4.69, 9.17) is 0 Å². The molecule has 0 saturated heterocycles. The fourth-order valence-corrected chi connectivity index (χ4v) is 1.72. The maximum absolute atomic E-state index is 2.23. The van der Waals surface area contributed by atoms with Crippen LogP contribution in [0.3, 0.4) is 0 Å². The minimum absolute atomic E-state index is 0.778. The summed E-state index contributed by atoms with van der Waals surface area (Å²) in [5, 5.41) is 0. The molecule has 0 nitrogen and oxygen atoms in total. The molecule has 1 aromatic rings. The van der Waals surface area contributed by atoms with E-state index < -0.39 is 0 Å². The Morgan fingerprint density at radius 2 is 1.60 bits per heavy atom. The zero-order valence-electron chi connectivity index (χ0n) is 6.04. The van der Waals surface area contributed by atoms with Crippen molar-refractivity contribution in [2.24, 2.45) is 0 Å². The summed E-state index contributed by atoms with van der Waals surface area (Å²) in [6.45, 7) is 2.13. The Kier molecular flexibility index (Phi) is 3.08. The zero-order valence-corrected chi connectivity index (χ0v) is 10.9. The van der Waals surface area contributed by atoms with Crippen LogP contribution in [0.1, 0.15) is 14.6 Å². The van der Waals surface area contributed by atoms with Gasteiger partial charge in [0.05, 0.1) is 0 Å². The van der Waals surface area contributed by atoms with Gasteiger partial charge in [-0.25, -0.2) is 0 Å². The van der Waals surface area contributed by atoms with Crippen molar-refractivity contribution in [1.82, 2.24) is 0 Å². The molecule has 0 aliphatic heterocycles. The van der Waals surface area contributed by atoms with Gasteiger partial charge in [0.25, 0.3) is 0 Å². The van der Waals surface area contributed by atoms with Gasteiger partial charge in [0, 0.05) is 0 Å². The Hall–Kier alpha value is 0.337. The Balaban J connectivity index is 2.89. The maximum atomic E-state index is 2.23. The van der Waals surface area contributed by atoms with Crippen LogP contribution in [-0.2, 0) is 0 Å². The molecule has 0 fully saturated rings. The molecule has 54 valence electrons. The minimum atomic E-state index is 0.778. The monoisotopic (exact) mass is 258 g/mol. The topological polar surface area (TPSA) is 0 Å². The molecule has 0 aliphatic rings. The van der Waals surface area contributed by atoms with E-state index in [-0.39, 0.29) is 0 Å². The average molecular weight is 258 g/mol. The number of aryl methyl sites for hydroxylation is 1. The molecule has 0 heterocycles. The standard InChI is InChI=1S/C8H12As2/c1-6-2-4-7(5-3-6)8(9)10/h2-5,8H,9-10H2,1H3. The second-order valence-corrected chi connectivity index (χ2v) is 8.84. The summed E-state index contributed by atoms with van der Waals surface area (Å²) >= 11 is 3.62. The fourth-order valence-electron chi connectivity index (χ4n) is 0.789. The van der Waals surface area contributed by atoms with Gasteiger partial charge in [-0.05, 0) is 0 Å². The van der Waals surface area contributed by atoms with Crippen molar-refractivity contribution in [3.05, 3.63) is 35.4 Å². The molecule has 0 amide bonds. The third kappa shape index (κ3) is 2.18. The molecule has 0 aliphatic carbocycles. The van der Waals surface area contributed by atoms with Crippen molar-refractivity contribution in [3.63, 3.8) is 0 Å². The van der Waals surface area contributed by atoms with Crippen LogP contribution in [0.25, 0.3) is 0 Å². The summed E-state index contributed by atoms with van der Waals surface area (Å²) < 4.78 is 0.778.